The van der Waals surface area contributed by atoms with Gasteiger partial charge in [-0.15, -0.1) is 0 Å². The molecule has 0 unspecified atom stereocenters. The van der Waals surface area contributed by atoms with Gasteiger partial charge in [-0.2, -0.15) is 0 Å². The number of aliphatic imine (C=N–C) groups is 1. The molecule has 2 aromatic rings. The summed E-state index contributed by atoms with van der Waals surface area (Å²) in [5.41, 5.74) is 1.51. The lowest BCUT2D eigenvalue weighted by Gasteiger charge is -1.98. The van der Waals surface area contributed by atoms with Crippen molar-refractivity contribution in [3.63, 3.8) is 0 Å². The molecule has 0 spiro atoms. The number of esters is 1. The molecule has 3 rings (SSSR count). The number of non-ortho nitro benzene ring substituents is 1. The third-order valence-corrected chi connectivity index (χ3v) is 3.05. The number of rotatable bonds is 3. The van der Waals surface area contributed by atoms with E-state index in [1.807, 2.05) is 30.3 Å². The maximum Gasteiger partial charge on any atom is 0.363 e. The van der Waals surface area contributed by atoms with E-state index in [1.165, 1.54) is 24.3 Å². The number of carbonyl (C=O) groups excluding carboxylic acids is 1. The Morgan fingerprint density at radius 3 is 2.36 bits per heavy atom. The Bertz CT molecular complexity index is 793. The van der Waals surface area contributed by atoms with Gasteiger partial charge in [-0.25, -0.2) is 9.79 Å². The maximum atomic E-state index is 11.8. The summed E-state index contributed by atoms with van der Waals surface area (Å²) in [7, 11) is 0. The van der Waals surface area contributed by atoms with Gasteiger partial charge in [0, 0.05) is 17.7 Å². The molecule has 0 N–H and O–H groups in total. The van der Waals surface area contributed by atoms with Crippen LogP contribution in [-0.2, 0) is 9.53 Å². The third kappa shape index (κ3) is 2.76. The van der Waals surface area contributed by atoms with Gasteiger partial charge >= 0.3 is 5.97 Å². The van der Waals surface area contributed by atoms with Gasteiger partial charge in [-0.1, -0.05) is 30.3 Å². The fourth-order valence-corrected chi connectivity index (χ4v) is 1.97. The Kier molecular flexibility index (Phi) is 3.49. The van der Waals surface area contributed by atoms with E-state index in [4.69, 9.17) is 4.74 Å². The van der Waals surface area contributed by atoms with E-state index >= 15 is 0 Å². The van der Waals surface area contributed by atoms with Crippen molar-refractivity contribution in [1.29, 1.82) is 0 Å². The summed E-state index contributed by atoms with van der Waals surface area (Å²) in [6.07, 6.45) is 1.63. The maximum absolute atomic E-state index is 11.8. The second-order valence-corrected chi connectivity index (χ2v) is 4.55. The zero-order chi connectivity index (χ0) is 15.5. The van der Waals surface area contributed by atoms with E-state index in [0.29, 0.717) is 5.56 Å². The summed E-state index contributed by atoms with van der Waals surface area (Å²) in [5, 5.41) is 10.6. The topological polar surface area (TPSA) is 81.8 Å². The summed E-state index contributed by atoms with van der Waals surface area (Å²) in [4.78, 5) is 26.1. The van der Waals surface area contributed by atoms with Crippen LogP contribution in [0.1, 0.15) is 11.1 Å². The van der Waals surface area contributed by atoms with Crippen LogP contribution in [0.15, 0.2) is 65.3 Å². The highest BCUT2D eigenvalue weighted by Gasteiger charge is 2.24. The molecule has 0 amide bonds. The van der Waals surface area contributed by atoms with Crippen molar-refractivity contribution in [2.75, 3.05) is 0 Å². The van der Waals surface area contributed by atoms with Crippen molar-refractivity contribution in [3.8, 4) is 0 Å². The Balaban J connectivity index is 1.90. The van der Waals surface area contributed by atoms with Crippen LogP contribution >= 0.6 is 0 Å². The quantitative estimate of drug-likeness (QED) is 0.377. The molecule has 0 radical (unpaired) electrons. The van der Waals surface area contributed by atoms with E-state index in [0.717, 1.165) is 5.56 Å². The van der Waals surface area contributed by atoms with E-state index in [1.54, 1.807) is 6.08 Å². The molecule has 22 heavy (non-hydrogen) atoms. The van der Waals surface area contributed by atoms with Crippen molar-refractivity contribution < 1.29 is 14.5 Å². The van der Waals surface area contributed by atoms with Gasteiger partial charge in [0.2, 0.25) is 5.90 Å². The molecule has 0 bridgehead atoms. The van der Waals surface area contributed by atoms with E-state index < -0.39 is 10.9 Å². The highest BCUT2D eigenvalue weighted by atomic mass is 16.6. The Morgan fingerprint density at radius 2 is 1.73 bits per heavy atom. The zero-order valence-corrected chi connectivity index (χ0v) is 11.3. The number of hydrogen-bond donors (Lipinski definition) is 0. The van der Waals surface area contributed by atoms with Crippen LogP contribution in [0.2, 0.25) is 0 Å². The van der Waals surface area contributed by atoms with Crippen LogP contribution in [0.3, 0.4) is 0 Å². The molecular weight excluding hydrogens is 284 g/mol. The van der Waals surface area contributed by atoms with Gasteiger partial charge < -0.3 is 4.74 Å². The molecule has 0 aromatic heterocycles. The molecule has 0 atom stereocenters. The van der Waals surface area contributed by atoms with Crippen LogP contribution < -0.4 is 0 Å². The molecule has 2 aromatic carbocycles. The summed E-state index contributed by atoms with van der Waals surface area (Å²) in [6, 6.07) is 14.9. The first-order chi connectivity index (χ1) is 10.6. The normalized spacial score (nSPS) is 15.5. The lowest BCUT2D eigenvalue weighted by molar-refractivity contribution is -0.384. The predicted octanol–water partition coefficient (Wildman–Crippen LogP) is 2.94. The second-order valence-electron chi connectivity index (χ2n) is 4.55. The number of nitro benzene ring substituents is 1. The number of carbonyl (C=O) groups is 1. The SMILES string of the molecule is O=C1OC(c2ccc([N+](=O)[O-])cc2)=N/C1=C/c1ccccc1. The zero-order valence-electron chi connectivity index (χ0n) is 11.3. The Hall–Kier alpha value is -3.28. The molecule has 1 aliphatic rings. The lowest BCUT2D eigenvalue weighted by atomic mass is 10.2. The third-order valence-electron chi connectivity index (χ3n) is 3.05. The highest BCUT2D eigenvalue weighted by Crippen LogP contribution is 2.20. The molecule has 1 heterocycles. The van der Waals surface area contributed by atoms with Gasteiger partial charge in [-0.05, 0) is 23.8 Å². The van der Waals surface area contributed by atoms with Crippen molar-refractivity contribution >= 4 is 23.6 Å². The summed E-state index contributed by atoms with van der Waals surface area (Å²) < 4.78 is 5.11. The van der Waals surface area contributed by atoms with E-state index in [-0.39, 0.29) is 17.3 Å². The minimum absolute atomic E-state index is 0.0336. The lowest BCUT2D eigenvalue weighted by Crippen LogP contribution is -2.05. The van der Waals surface area contributed by atoms with Gasteiger partial charge in [0.25, 0.3) is 5.69 Å². The Morgan fingerprint density at radius 1 is 1.05 bits per heavy atom. The highest BCUT2D eigenvalue weighted by molar-refractivity contribution is 6.12. The number of benzene rings is 2. The van der Waals surface area contributed by atoms with Gasteiger partial charge in [0.15, 0.2) is 5.70 Å². The molecule has 0 aliphatic carbocycles. The van der Waals surface area contributed by atoms with Crippen molar-refractivity contribution in [2.24, 2.45) is 4.99 Å². The summed E-state index contributed by atoms with van der Waals surface area (Å²) in [6.45, 7) is 0. The van der Waals surface area contributed by atoms with Crippen molar-refractivity contribution in [3.05, 3.63) is 81.5 Å². The Labute approximate surface area is 125 Å². The summed E-state index contributed by atoms with van der Waals surface area (Å²) in [5.74, 6) is -0.403. The number of nitro groups is 1. The van der Waals surface area contributed by atoms with Crippen molar-refractivity contribution in [2.45, 2.75) is 0 Å². The fourth-order valence-electron chi connectivity index (χ4n) is 1.97. The average Bonchev–Trinajstić information content (AvgIpc) is 2.89. The number of ether oxygens (including phenoxy) is 1. The smallest absolute Gasteiger partial charge is 0.363 e. The average molecular weight is 294 g/mol. The van der Waals surface area contributed by atoms with E-state index in [2.05, 4.69) is 4.99 Å². The molecule has 6 nitrogen and oxygen atoms in total. The van der Waals surface area contributed by atoms with Gasteiger partial charge in [0.1, 0.15) is 0 Å². The number of hydrogen-bond acceptors (Lipinski definition) is 5. The minimum atomic E-state index is -0.544. The standard InChI is InChI=1S/C16H10N2O4/c19-16-14(10-11-4-2-1-3-5-11)17-15(22-16)12-6-8-13(9-7-12)18(20)21/h1-10H/b14-10+. The van der Waals surface area contributed by atoms with Gasteiger partial charge in [0.05, 0.1) is 4.92 Å². The molecule has 0 fully saturated rings. The van der Waals surface area contributed by atoms with Gasteiger partial charge in [-0.3, -0.25) is 10.1 Å². The first-order valence-corrected chi connectivity index (χ1v) is 6.46. The molecular formula is C16H10N2O4. The predicted molar refractivity (Wildman–Crippen MR) is 80.1 cm³/mol. The fraction of sp³-hybridized carbons (Fsp3) is 0. The number of nitrogens with zero attached hydrogens (tertiary/aromatic N) is 2. The molecule has 108 valence electrons. The van der Waals surface area contributed by atoms with Crippen LogP contribution in [0.4, 0.5) is 5.69 Å². The molecule has 1 aliphatic heterocycles. The summed E-state index contributed by atoms with van der Waals surface area (Å²) >= 11 is 0. The first-order valence-electron chi connectivity index (χ1n) is 6.46. The minimum Gasteiger partial charge on any atom is -0.402 e. The van der Waals surface area contributed by atoms with E-state index in [9.17, 15) is 14.9 Å². The van der Waals surface area contributed by atoms with Crippen LogP contribution in [-0.4, -0.2) is 16.8 Å². The van der Waals surface area contributed by atoms with Crippen molar-refractivity contribution in [1.82, 2.24) is 0 Å². The van der Waals surface area contributed by atoms with Crippen LogP contribution in [0.5, 0.6) is 0 Å². The largest absolute Gasteiger partial charge is 0.402 e. The number of cyclic esters (lactones) is 1. The van der Waals surface area contributed by atoms with Crippen LogP contribution in [0.25, 0.3) is 6.08 Å². The molecule has 6 heteroatoms. The molecule has 0 saturated carbocycles. The first kappa shape index (κ1) is 13.7. The second kappa shape index (κ2) is 5.61. The monoisotopic (exact) mass is 294 g/mol. The molecule has 0 saturated heterocycles. The van der Waals surface area contributed by atoms with Crippen LogP contribution in [0, 0.1) is 10.1 Å².